The highest BCUT2D eigenvalue weighted by Crippen LogP contribution is 2.26. The van der Waals surface area contributed by atoms with Crippen LogP contribution in [0.2, 0.25) is 0 Å². The molecule has 1 aromatic rings. The Labute approximate surface area is 100 Å². The summed E-state index contributed by atoms with van der Waals surface area (Å²) in [6.07, 6.45) is 1.82. The van der Waals surface area contributed by atoms with Crippen LogP contribution in [0.4, 0.5) is 0 Å². The van der Waals surface area contributed by atoms with Gasteiger partial charge >= 0.3 is 0 Å². The Morgan fingerprint density at radius 3 is 2.75 bits per heavy atom. The second-order valence-electron chi connectivity index (χ2n) is 4.39. The zero-order valence-corrected chi connectivity index (χ0v) is 9.90. The van der Waals surface area contributed by atoms with Gasteiger partial charge in [-0.15, -0.1) is 11.6 Å². The maximum atomic E-state index is 5.80. The van der Waals surface area contributed by atoms with Crippen molar-refractivity contribution in [2.75, 3.05) is 32.7 Å². The van der Waals surface area contributed by atoms with Crippen molar-refractivity contribution in [1.82, 2.24) is 19.8 Å². The predicted octanol–water partition coefficient (Wildman–Crippen LogP) is 0.888. The van der Waals surface area contributed by atoms with Crippen molar-refractivity contribution in [3.05, 3.63) is 23.8 Å². The molecule has 2 bridgehead atoms. The molecule has 0 radical (unpaired) electrons. The number of halogens is 1. The molecule has 0 saturated carbocycles. The molecule has 0 aromatic carbocycles. The lowest BCUT2D eigenvalue weighted by Gasteiger charge is -2.46. The van der Waals surface area contributed by atoms with Crippen molar-refractivity contribution in [1.29, 1.82) is 0 Å². The zero-order chi connectivity index (χ0) is 11.0. The van der Waals surface area contributed by atoms with Crippen LogP contribution in [0, 0.1) is 0 Å². The van der Waals surface area contributed by atoms with Gasteiger partial charge in [0.15, 0.2) is 0 Å². The van der Waals surface area contributed by atoms with Gasteiger partial charge < -0.3 is 0 Å². The molecular formula is C11H15ClN4. The van der Waals surface area contributed by atoms with Gasteiger partial charge in [0.05, 0.1) is 17.6 Å². The molecule has 3 saturated heterocycles. The molecule has 0 spiro atoms. The fraction of sp³-hybridized carbons (Fsp3) is 0.636. The number of nitrogens with zero attached hydrogens (tertiary/aromatic N) is 4. The summed E-state index contributed by atoms with van der Waals surface area (Å²) in [6, 6.07) is 2.25. The van der Waals surface area contributed by atoms with E-state index in [1.807, 2.05) is 12.3 Å². The van der Waals surface area contributed by atoms with Crippen molar-refractivity contribution >= 4 is 11.6 Å². The third-order valence-electron chi connectivity index (χ3n) is 3.45. The number of alkyl halides is 1. The maximum Gasteiger partial charge on any atom is 0.146 e. The van der Waals surface area contributed by atoms with E-state index in [1.54, 1.807) is 0 Å². The van der Waals surface area contributed by atoms with Gasteiger partial charge in [-0.25, -0.2) is 9.97 Å². The maximum absolute atomic E-state index is 5.80. The van der Waals surface area contributed by atoms with Crippen LogP contribution < -0.4 is 0 Å². The Balaban J connectivity index is 1.86. The molecule has 3 aliphatic rings. The van der Waals surface area contributed by atoms with E-state index < -0.39 is 0 Å². The smallest absolute Gasteiger partial charge is 0.146 e. The minimum absolute atomic E-state index is 0.366. The molecule has 0 aliphatic carbocycles. The quantitative estimate of drug-likeness (QED) is 0.717. The fourth-order valence-corrected chi connectivity index (χ4v) is 2.66. The van der Waals surface area contributed by atoms with Gasteiger partial charge in [-0.05, 0) is 6.07 Å². The molecule has 1 atom stereocenters. The molecule has 4 rings (SSSR count). The highest BCUT2D eigenvalue weighted by atomic mass is 35.5. The third-order valence-corrected chi connectivity index (χ3v) is 3.72. The van der Waals surface area contributed by atoms with Gasteiger partial charge in [-0.2, -0.15) is 0 Å². The van der Waals surface area contributed by atoms with Crippen molar-refractivity contribution < 1.29 is 0 Å². The Morgan fingerprint density at radius 2 is 2.12 bits per heavy atom. The van der Waals surface area contributed by atoms with Crippen LogP contribution in [0.15, 0.2) is 12.3 Å². The highest BCUT2D eigenvalue weighted by Gasteiger charge is 2.34. The zero-order valence-electron chi connectivity index (χ0n) is 9.14. The summed E-state index contributed by atoms with van der Waals surface area (Å²) in [5.74, 6) is 1.40. The van der Waals surface area contributed by atoms with E-state index >= 15 is 0 Å². The molecule has 1 unspecified atom stereocenters. The van der Waals surface area contributed by atoms with E-state index in [-0.39, 0.29) is 0 Å². The molecule has 0 N–H and O–H groups in total. The summed E-state index contributed by atoms with van der Waals surface area (Å²) in [7, 11) is 0. The molecule has 3 aliphatic heterocycles. The van der Waals surface area contributed by atoms with E-state index in [2.05, 4.69) is 19.8 Å². The van der Waals surface area contributed by atoms with Crippen LogP contribution in [0.3, 0.4) is 0 Å². The summed E-state index contributed by atoms with van der Waals surface area (Å²) in [5, 5.41) is 0. The first-order chi connectivity index (χ1) is 7.86. The second kappa shape index (κ2) is 4.28. The van der Waals surface area contributed by atoms with E-state index in [9.17, 15) is 0 Å². The summed E-state index contributed by atoms with van der Waals surface area (Å²) in [5.41, 5.74) is 0.921. The number of fused-ring (bicyclic) bond motifs is 3. The van der Waals surface area contributed by atoms with Crippen LogP contribution in [0.25, 0.3) is 0 Å². The highest BCUT2D eigenvalue weighted by molar-refractivity contribution is 6.16. The summed E-state index contributed by atoms with van der Waals surface area (Å²) in [6.45, 7) is 5.71. The lowest BCUT2D eigenvalue weighted by atomic mass is 10.1. The van der Waals surface area contributed by atoms with Crippen LogP contribution in [-0.2, 0) is 5.88 Å². The Morgan fingerprint density at radius 1 is 1.31 bits per heavy atom. The van der Waals surface area contributed by atoms with E-state index in [0.717, 1.165) is 31.2 Å². The van der Waals surface area contributed by atoms with Gasteiger partial charge in [0.1, 0.15) is 5.82 Å². The SMILES string of the molecule is ClCc1ccnc(C2CN3CCN2CC3)n1. The number of hydrogen-bond acceptors (Lipinski definition) is 4. The molecule has 0 amide bonds. The van der Waals surface area contributed by atoms with Crippen LogP contribution in [0.5, 0.6) is 0 Å². The Bertz CT molecular complexity index is 376. The fourth-order valence-electron chi connectivity index (χ4n) is 2.51. The molecule has 4 nitrogen and oxygen atoms in total. The Kier molecular flexibility index (Phi) is 2.79. The Hall–Kier alpha value is -0.710. The molecule has 16 heavy (non-hydrogen) atoms. The largest absolute Gasteiger partial charge is 0.299 e. The first-order valence-corrected chi connectivity index (χ1v) is 6.24. The molecule has 86 valence electrons. The van der Waals surface area contributed by atoms with Gasteiger partial charge in [-0.3, -0.25) is 9.80 Å². The lowest BCUT2D eigenvalue weighted by molar-refractivity contribution is 0.00857. The summed E-state index contributed by atoms with van der Waals surface area (Å²) < 4.78 is 0. The molecule has 5 heteroatoms. The van der Waals surface area contributed by atoms with Gasteiger partial charge in [-0.1, -0.05) is 0 Å². The average Bonchev–Trinajstić information content (AvgIpc) is 2.40. The third kappa shape index (κ3) is 1.81. The minimum atomic E-state index is 0.366. The van der Waals surface area contributed by atoms with Crippen molar-refractivity contribution in [3.8, 4) is 0 Å². The van der Waals surface area contributed by atoms with E-state index in [4.69, 9.17) is 11.6 Å². The van der Waals surface area contributed by atoms with E-state index in [0.29, 0.717) is 11.9 Å². The minimum Gasteiger partial charge on any atom is -0.299 e. The predicted molar refractivity (Wildman–Crippen MR) is 62.3 cm³/mol. The van der Waals surface area contributed by atoms with Crippen LogP contribution >= 0.6 is 11.6 Å². The lowest BCUT2D eigenvalue weighted by Crippen LogP contribution is -2.57. The molecule has 4 heterocycles. The van der Waals surface area contributed by atoms with Gasteiger partial charge in [0.2, 0.25) is 0 Å². The number of rotatable bonds is 2. The first-order valence-electron chi connectivity index (χ1n) is 5.71. The number of aromatic nitrogens is 2. The number of hydrogen-bond donors (Lipinski definition) is 0. The van der Waals surface area contributed by atoms with Crippen molar-refractivity contribution in [2.45, 2.75) is 11.9 Å². The number of piperazine rings is 3. The molecular weight excluding hydrogens is 224 g/mol. The summed E-state index contributed by atoms with van der Waals surface area (Å²) >= 11 is 5.80. The van der Waals surface area contributed by atoms with Gasteiger partial charge in [0, 0.05) is 38.9 Å². The first kappa shape index (κ1) is 10.4. The van der Waals surface area contributed by atoms with Crippen LogP contribution in [-0.4, -0.2) is 52.5 Å². The molecule has 1 aromatic heterocycles. The van der Waals surface area contributed by atoms with Crippen LogP contribution in [0.1, 0.15) is 17.6 Å². The van der Waals surface area contributed by atoms with E-state index in [1.165, 1.54) is 13.1 Å². The second-order valence-corrected chi connectivity index (χ2v) is 4.66. The topological polar surface area (TPSA) is 32.3 Å². The van der Waals surface area contributed by atoms with Crippen molar-refractivity contribution in [2.24, 2.45) is 0 Å². The molecule has 3 fully saturated rings. The summed E-state index contributed by atoms with van der Waals surface area (Å²) in [4.78, 5) is 13.9. The normalized spacial score (nSPS) is 32.9. The average molecular weight is 239 g/mol. The van der Waals surface area contributed by atoms with Gasteiger partial charge in [0.25, 0.3) is 0 Å². The van der Waals surface area contributed by atoms with Crippen molar-refractivity contribution in [3.63, 3.8) is 0 Å². The standard InChI is InChI=1S/C11H15ClN4/c12-7-9-1-2-13-11(14-9)10-8-15-3-5-16(10)6-4-15/h1-2,10H,3-8H2. The monoisotopic (exact) mass is 238 g/mol.